The molecule has 0 spiro atoms. The van der Waals surface area contributed by atoms with Gasteiger partial charge in [-0.1, -0.05) is 6.42 Å². The largest absolute Gasteiger partial charge is 0.419 e. The molecule has 2 aliphatic rings. The molecule has 1 saturated heterocycles. The Morgan fingerprint density at radius 3 is 2.18 bits per heavy atom. The number of anilines is 1. The van der Waals surface area contributed by atoms with Crippen LogP contribution >= 0.6 is 0 Å². The Bertz CT molecular complexity index is 544. The van der Waals surface area contributed by atoms with E-state index in [0.717, 1.165) is 19.2 Å². The van der Waals surface area contributed by atoms with Crippen molar-refractivity contribution in [3.63, 3.8) is 0 Å². The Hall–Kier alpha value is -1.30. The lowest BCUT2D eigenvalue weighted by Gasteiger charge is -2.43. The average Bonchev–Trinajstić information content (AvgIpc) is 2.39. The lowest BCUT2D eigenvalue weighted by molar-refractivity contribution is -0.139. The second-order valence-corrected chi connectivity index (χ2v) is 6.25. The summed E-state index contributed by atoms with van der Waals surface area (Å²) in [4.78, 5) is 4.12. The third-order valence-electron chi connectivity index (χ3n) is 4.75. The molecule has 1 aromatic carbocycles. The van der Waals surface area contributed by atoms with Crippen molar-refractivity contribution in [1.29, 1.82) is 0 Å². The molecule has 1 aliphatic carbocycles. The van der Waals surface area contributed by atoms with Gasteiger partial charge in [0.15, 0.2) is 5.82 Å². The van der Waals surface area contributed by atoms with Crippen LogP contribution in [0.2, 0.25) is 0 Å². The number of aryl methyl sites for hydroxylation is 1. The fraction of sp³-hybridized carbons (Fsp3) is 0.625. The first-order valence-corrected chi connectivity index (χ1v) is 7.72. The van der Waals surface area contributed by atoms with Crippen LogP contribution < -0.4 is 4.90 Å². The van der Waals surface area contributed by atoms with Crippen molar-refractivity contribution in [3.05, 3.63) is 29.1 Å². The highest BCUT2D eigenvalue weighted by Gasteiger charge is 2.37. The molecule has 2 fully saturated rings. The average molecular weight is 316 g/mol. The van der Waals surface area contributed by atoms with Gasteiger partial charge in [0, 0.05) is 32.2 Å². The zero-order valence-electron chi connectivity index (χ0n) is 12.6. The Balaban J connectivity index is 1.79. The van der Waals surface area contributed by atoms with Gasteiger partial charge >= 0.3 is 6.18 Å². The van der Waals surface area contributed by atoms with E-state index in [9.17, 15) is 17.6 Å². The lowest BCUT2D eigenvalue weighted by Crippen LogP contribution is -2.52. The summed E-state index contributed by atoms with van der Waals surface area (Å²) in [7, 11) is 0. The number of rotatable bonds is 2. The number of piperazine rings is 1. The van der Waals surface area contributed by atoms with Crippen LogP contribution in [-0.4, -0.2) is 37.1 Å². The maximum atomic E-state index is 14.3. The quantitative estimate of drug-likeness (QED) is 0.765. The number of alkyl halides is 3. The van der Waals surface area contributed by atoms with Crippen molar-refractivity contribution in [2.45, 2.75) is 38.4 Å². The molecule has 0 amide bonds. The highest BCUT2D eigenvalue weighted by atomic mass is 19.4. The Labute approximate surface area is 127 Å². The molecule has 0 unspecified atom stereocenters. The van der Waals surface area contributed by atoms with Crippen molar-refractivity contribution in [2.24, 2.45) is 0 Å². The summed E-state index contributed by atoms with van der Waals surface area (Å²) in [6, 6.07) is 3.02. The SMILES string of the molecule is Cc1cc(N2CCN(C3CCC3)CC2)c(F)c(C(F)(F)F)c1. The van der Waals surface area contributed by atoms with Crippen molar-refractivity contribution < 1.29 is 17.6 Å². The van der Waals surface area contributed by atoms with Gasteiger partial charge in [-0.25, -0.2) is 4.39 Å². The fourth-order valence-corrected chi connectivity index (χ4v) is 3.27. The van der Waals surface area contributed by atoms with Gasteiger partial charge in [0.25, 0.3) is 0 Å². The molecular formula is C16H20F4N2. The normalized spacial score (nSPS) is 21.0. The van der Waals surface area contributed by atoms with E-state index in [4.69, 9.17) is 0 Å². The molecule has 1 aliphatic heterocycles. The molecule has 122 valence electrons. The molecule has 0 N–H and O–H groups in total. The van der Waals surface area contributed by atoms with Crippen molar-refractivity contribution >= 4 is 5.69 Å². The zero-order chi connectivity index (χ0) is 15.9. The zero-order valence-corrected chi connectivity index (χ0v) is 12.6. The van der Waals surface area contributed by atoms with E-state index in [-0.39, 0.29) is 5.69 Å². The van der Waals surface area contributed by atoms with Crippen LogP contribution in [0, 0.1) is 12.7 Å². The minimum absolute atomic E-state index is 0.0839. The van der Waals surface area contributed by atoms with Crippen LogP contribution in [0.15, 0.2) is 12.1 Å². The Morgan fingerprint density at radius 2 is 1.68 bits per heavy atom. The first kappa shape index (κ1) is 15.6. The van der Waals surface area contributed by atoms with E-state index in [2.05, 4.69) is 4.90 Å². The number of halogens is 4. The van der Waals surface area contributed by atoms with Gasteiger partial charge in [-0.2, -0.15) is 13.2 Å². The van der Waals surface area contributed by atoms with Crippen LogP contribution in [0.4, 0.5) is 23.2 Å². The van der Waals surface area contributed by atoms with Gasteiger partial charge in [-0.05, 0) is 37.5 Å². The molecular weight excluding hydrogens is 296 g/mol. The first-order valence-electron chi connectivity index (χ1n) is 7.72. The van der Waals surface area contributed by atoms with Gasteiger partial charge < -0.3 is 4.90 Å². The number of nitrogens with zero attached hydrogens (tertiary/aromatic N) is 2. The van der Waals surface area contributed by atoms with Crippen LogP contribution in [-0.2, 0) is 6.18 Å². The highest BCUT2D eigenvalue weighted by Crippen LogP contribution is 2.36. The molecule has 1 saturated carbocycles. The lowest BCUT2D eigenvalue weighted by atomic mass is 9.91. The van der Waals surface area contributed by atoms with Crippen LogP contribution in [0.5, 0.6) is 0 Å². The molecule has 1 heterocycles. The molecule has 0 bridgehead atoms. The minimum atomic E-state index is -4.65. The maximum absolute atomic E-state index is 14.3. The molecule has 0 aromatic heterocycles. The fourth-order valence-electron chi connectivity index (χ4n) is 3.27. The summed E-state index contributed by atoms with van der Waals surface area (Å²) >= 11 is 0. The molecule has 6 heteroatoms. The summed E-state index contributed by atoms with van der Waals surface area (Å²) in [5, 5.41) is 0. The predicted octanol–water partition coefficient (Wildman–Crippen LogP) is 3.83. The number of benzene rings is 1. The van der Waals surface area contributed by atoms with Crippen molar-refractivity contribution in [1.82, 2.24) is 4.90 Å². The van der Waals surface area contributed by atoms with Gasteiger partial charge in [-0.15, -0.1) is 0 Å². The Morgan fingerprint density at radius 1 is 1.05 bits per heavy atom. The van der Waals surface area contributed by atoms with Gasteiger partial charge in [0.2, 0.25) is 0 Å². The summed E-state index contributed by atoms with van der Waals surface area (Å²) in [5.41, 5.74) is -0.644. The monoisotopic (exact) mass is 316 g/mol. The van der Waals surface area contributed by atoms with E-state index >= 15 is 0 Å². The first-order chi connectivity index (χ1) is 10.4. The van der Waals surface area contributed by atoms with Gasteiger partial charge in [0.05, 0.1) is 11.3 Å². The predicted molar refractivity (Wildman–Crippen MR) is 77.6 cm³/mol. The third kappa shape index (κ3) is 2.93. The maximum Gasteiger partial charge on any atom is 0.419 e. The van der Waals surface area contributed by atoms with Crippen LogP contribution in [0.3, 0.4) is 0 Å². The summed E-state index contributed by atoms with van der Waals surface area (Å²) in [6.45, 7) is 4.31. The van der Waals surface area contributed by atoms with E-state index in [0.29, 0.717) is 24.7 Å². The molecule has 2 nitrogen and oxygen atoms in total. The summed E-state index contributed by atoms with van der Waals surface area (Å²) in [5.74, 6) is -1.14. The van der Waals surface area contributed by atoms with Crippen LogP contribution in [0.25, 0.3) is 0 Å². The van der Waals surface area contributed by atoms with Crippen LogP contribution in [0.1, 0.15) is 30.4 Å². The third-order valence-corrected chi connectivity index (χ3v) is 4.75. The molecule has 0 atom stereocenters. The van der Waals surface area contributed by atoms with E-state index in [1.165, 1.54) is 25.3 Å². The minimum Gasteiger partial charge on any atom is -0.367 e. The second kappa shape index (κ2) is 5.72. The van der Waals surface area contributed by atoms with Gasteiger partial charge in [-0.3, -0.25) is 4.90 Å². The van der Waals surface area contributed by atoms with E-state index in [1.807, 2.05) is 0 Å². The number of hydrogen-bond acceptors (Lipinski definition) is 2. The topological polar surface area (TPSA) is 6.48 Å². The standard InChI is InChI=1S/C16H20F4N2/c1-11-9-13(16(18,19)20)15(17)14(10-11)22-7-5-21(6-8-22)12-3-2-4-12/h9-10,12H,2-8H2,1H3. The van der Waals surface area contributed by atoms with Gasteiger partial charge in [0.1, 0.15) is 0 Å². The Kier molecular flexibility index (Phi) is 4.05. The summed E-state index contributed by atoms with van der Waals surface area (Å²) in [6.07, 6.45) is -0.987. The van der Waals surface area contributed by atoms with E-state index in [1.54, 1.807) is 11.8 Å². The number of hydrogen-bond donors (Lipinski definition) is 0. The smallest absolute Gasteiger partial charge is 0.367 e. The molecule has 22 heavy (non-hydrogen) atoms. The van der Waals surface area contributed by atoms with Crippen molar-refractivity contribution in [2.75, 3.05) is 31.1 Å². The highest BCUT2D eigenvalue weighted by molar-refractivity contribution is 5.54. The van der Waals surface area contributed by atoms with E-state index < -0.39 is 17.6 Å². The molecule has 1 aromatic rings. The summed E-state index contributed by atoms with van der Waals surface area (Å²) < 4.78 is 53.1. The second-order valence-electron chi connectivity index (χ2n) is 6.25. The van der Waals surface area contributed by atoms with Crippen molar-refractivity contribution in [3.8, 4) is 0 Å². The molecule has 0 radical (unpaired) electrons. The molecule has 3 rings (SSSR count).